The molecule has 2 rings (SSSR count). The van der Waals surface area contributed by atoms with Gasteiger partial charge in [-0.05, 0) is 38.8 Å². The minimum Gasteiger partial charge on any atom is -0.354 e. The zero-order valence-corrected chi connectivity index (χ0v) is 18.9. The highest BCUT2D eigenvalue weighted by Crippen LogP contribution is 2.17. The van der Waals surface area contributed by atoms with Gasteiger partial charge in [-0.3, -0.25) is 0 Å². The quantitative estimate of drug-likeness (QED) is 0.503. The fourth-order valence-electron chi connectivity index (χ4n) is 2.18. The van der Waals surface area contributed by atoms with Crippen LogP contribution in [0.25, 0.3) is 0 Å². The maximum atomic E-state index is 4.55. The number of nitrogens with one attached hydrogen (secondary N) is 2. The summed E-state index contributed by atoms with van der Waals surface area (Å²) in [4.78, 5) is 9.01. The smallest absolute Gasteiger partial charge is 0.224 e. The van der Waals surface area contributed by atoms with E-state index in [1.165, 1.54) is 5.56 Å². The van der Waals surface area contributed by atoms with E-state index in [1.54, 1.807) is 0 Å². The summed E-state index contributed by atoms with van der Waals surface area (Å²) in [5.41, 5.74) is 3.19. The van der Waals surface area contributed by atoms with Gasteiger partial charge in [-0.2, -0.15) is 4.98 Å². The van der Waals surface area contributed by atoms with Crippen LogP contribution in [-0.2, 0) is 0 Å². The lowest BCUT2D eigenvalue weighted by Crippen LogP contribution is -2.12. The number of anilines is 3. The Kier molecular flexibility index (Phi) is 14.0. The van der Waals surface area contributed by atoms with Crippen LogP contribution in [0.5, 0.6) is 0 Å². The van der Waals surface area contributed by atoms with Crippen molar-refractivity contribution < 1.29 is 0 Å². The SMILES string of the molecule is C/C=C\C=C/C(C)CNc1nc(C)cc(Nc2ccc(C)cc2)n1.CC.CC. The standard InChI is InChI=1S/C20H26N4.2C2H6/c1-5-6-7-8-16(3)14-21-20-22-17(4)13-19(24-20)23-18-11-9-15(2)10-12-18;2*1-2/h5-13,16H,14H2,1-4H3,(H2,21,22,23,24);2*1-2H3/b6-5-,8-7-;;. The number of aryl methyl sites for hydroxylation is 2. The van der Waals surface area contributed by atoms with E-state index in [0.29, 0.717) is 11.9 Å². The molecule has 0 aliphatic carbocycles. The molecule has 1 aromatic heterocycles. The molecule has 2 aromatic rings. The molecular weight excluding hydrogens is 344 g/mol. The van der Waals surface area contributed by atoms with Crippen LogP contribution in [0.4, 0.5) is 17.5 Å². The number of allylic oxidation sites excluding steroid dienone is 3. The summed E-state index contributed by atoms with van der Waals surface area (Å²) in [5.74, 6) is 1.85. The van der Waals surface area contributed by atoms with E-state index in [1.807, 2.05) is 71.9 Å². The van der Waals surface area contributed by atoms with Crippen molar-refractivity contribution in [1.29, 1.82) is 0 Å². The van der Waals surface area contributed by atoms with Gasteiger partial charge in [0.05, 0.1) is 0 Å². The first-order valence-corrected chi connectivity index (χ1v) is 10.3. The lowest BCUT2D eigenvalue weighted by molar-refractivity contribution is 0.763. The summed E-state index contributed by atoms with van der Waals surface area (Å²) in [7, 11) is 0. The minimum atomic E-state index is 0.402. The summed E-state index contributed by atoms with van der Waals surface area (Å²) >= 11 is 0. The monoisotopic (exact) mass is 382 g/mol. The minimum absolute atomic E-state index is 0.402. The van der Waals surface area contributed by atoms with Gasteiger partial charge in [0.15, 0.2) is 0 Å². The van der Waals surface area contributed by atoms with Crippen molar-refractivity contribution in [2.45, 2.75) is 55.4 Å². The molecule has 0 bridgehead atoms. The van der Waals surface area contributed by atoms with Crippen LogP contribution >= 0.6 is 0 Å². The number of hydrogen-bond donors (Lipinski definition) is 2. The van der Waals surface area contributed by atoms with Gasteiger partial charge in [-0.15, -0.1) is 0 Å². The van der Waals surface area contributed by atoms with Gasteiger partial charge >= 0.3 is 0 Å². The third-order valence-electron chi connectivity index (χ3n) is 3.50. The summed E-state index contributed by atoms with van der Waals surface area (Å²) in [5, 5.41) is 6.64. The largest absolute Gasteiger partial charge is 0.354 e. The predicted octanol–water partition coefficient (Wildman–Crippen LogP) is 7.07. The van der Waals surface area contributed by atoms with Crippen molar-refractivity contribution in [3.63, 3.8) is 0 Å². The van der Waals surface area contributed by atoms with Gasteiger partial charge in [0, 0.05) is 24.0 Å². The Labute approximate surface area is 172 Å². The van der Waals surface area contributed by atoms with Gasteiger partial charge < -0.3 is 10.6 Å². The number of benzene rings is 1. The van der Waals surface area contributed by atoms with Gasteiger partial charge in [-0.25, -0.2) is 4.98 Å². The molecule has 1 atom stereocenters. The van der Waals surface area contributed by atoms with Gasteiger partial charge in [-0.1, -0.05) is 76.6 Å². The number of rotatable bonds is 7. The van der Waals surface area contributed by atoms with Crippen LogP contribution in [-0.4, -0.2) is 16.5 Å². The Balaban J connectivity index is 0.00000171. The molecule has 28 heavy (non-hydrogen) atoms. The summed E-state index contributed by atoms with van der Waals surface area (Å²) in [6, 6.07) is 10.2. The molecule has 1 unspecified atom stereocenters. The second-order valence-corrected chi connectivity index (χ2v) is 5.98. The molecule has 2 N–H and O–H groups in total. The van der Waals surface area contributed by atoms with Crippen molar-refractivity contribution in [2.75, 3.05) is 17.2 Å². The Morgan fingerprint density at radius 3 is 2.21 bits per heavy atom. The van der Waals surface area contributed by atoms with Crippen molar-refractivity contribution in [3.8, 4) is 0 Å². The van der Waals surface area contributed by atoms with Crippen molar-refractivity contribution in [1.82, 2.24) is 9.97 Å². The van der Waals surface area contributed by atoms with E-state index in [9.17, 15) is 0 Å². The number of hydrogen-bond acceptors (Lipinski definition) is 4. The van der Waals surface area contributed by atoms with Crippen LogP contribution in [0.15, 0.2) is 54.6 Å². The van der Waals surface area contributed by atoms with Crippen molar-refractivity contribution in [2.24, 2.45) is 5.92 Å². The number of aromatic nitrogens is 2. The first-order valence-electron chi connectivity index (χ1n) is 10.3. The molecule has 0 aliphatic heterocycles. The normalized spacial score (nSPS) is 11.3. The predicted molar refractivity (Wildman–Crippen MR) is 126 cm³/mol. The van der Waals surface area contributed by atoms with Crippen LogP contribution < -0.4 is 10.6 Å². The average molecular weight is 383 g/mol. The lowest BCUT2D eigenvalue weighted by atomic mass is 10.1. The maximum absolute atomic E-state index is 4.55. The lowest BCUT2D eigenvalue weighted by Gasteiger charge is -2.12. The average Bonchev–Trinajstić information content (AvgIpc) is 2.71. The Hall–Kier alpha value is -2.62. The summed E-state index contributed by atoms with van der Waals surface area (Å²) in [6.07, 6.45) is 8.27. The molecule has 1 heterocycles. The fourth-order valence-corrected chi connectivity index (χ4v) is 2.18. The highest BCUT2D eigenvalue weighted by Gasteiger charge is 2.04. The van der Waals surface area contributed by atoms with E-state index >= 15 is 0 Å². The molecule has 154 valence electrons. The fraction of sp³-hybridized carbons (Fsp3) is 0.417. The van der Waals surface area contributed by atoms with Crippen LogP contribution in [0.1, 0.15) is 52.8 Å². The Morgan fingerprint density at radius 1 is 0.964 bits per heavy atom. The molecule has 0 fully saturated rings. The molecule has 1 aromatic carbocycles. The second kappa shape index (κ2) is 15.4. The Bertz CT molecular complexity index is 703. The van der Waals surface area contributed by atoms with Gasteiger partial charge in [0.2, 0.25) is 5.95 Å². The van der Waals surface area contributed by atoms with Crippen molar-refractivity contribution in [3.05, 3.63) is 65.9 Å². The molecule has 0 saturated heterocycles. The summed E-state index contributed by atoms with van der Waals surface area (Å²) < 4.78 is 0. The molecule has 0 spiro atoms. The molecule has 4 nitrogen and oxygen atoms in total. The van der Waals surface area contributed by atoms with Crippen LogP contribution in [0.2, 0.25) is 0 Å². The highest BCUT2D eigenvalue weighted by molar-refractivity contribution is 5.57. The zero-order valence-electron chi connectivity index (χ0n) is 18.9. The molecule has 0 saturated carbocycles. The third kappa shape index (κ3) is 10.5. The van der Waals surface area contributed by atoms with E-state index in [0.717, 1.165) is 23.7 Å². The number of nitrogens with zero attached hydrogens (tertiary/aromatic N) is 2. The molecular formula is C24H38N4. The van der Waals surface area contributed by atoms with E-state index in [4.69, 9.17) is 0 Å². The second-order valence-electron chi connectivity index (χ2n) is 5.98. The van der Waals surface area contributed by atoms with Gasteiger partial charge in [0.1, 0.15) is 5.82 Å². The van der Waals surface area contributed by atoms with Gasteiger partial charge in [0.25, 0.3) is 0 Å². The molecule has 4 heteroatoms. The molecule has 0 aliphatic rings. The topological polar surface area (TPSA) is 49.8 Å². The summed E-state index contributed by atoms with van der Waals surface area (Å²) in [6.45, 7) is 17.0. The Morgan fingerprint density at radius 2 is 1.61 bits per heavy atom. The first-order chi connectivity index (χ1) is 13.6. The van der Waals surface area contributed by atoms with E-state index in [-0.39, 0.29) is 0 Å². The van der Waals surface area contributed by atoms with Crippen molar-refractivity contribution >= 4 is 17.5 Å². The van der Waals surface area contributed by atoms with Crippen LogP contribution in [0.3, 0.4) is 0 Å². The zero-order chi connectivity index (χ0) is 21.4. The highest BCUT2D eigenvalue weighted by atomic mass is 15.1. The van der Waals surface area contributed by atoms with E-state index in [2.05, 4.69) is 58.7 Å². The maximum Gasteiger partial charge on any atom is 0.224 e. The molecule has 0 radical (unpaired) electrons. The molecule has 0 amide bonds. The van der Waals surface area contributed by atoms with E-state index < -0.39 is 0 Å². The third-order valence-corrected chi connectivity index (χ3v) is 3.50. The first kappa shape index (κ1) is 25.4. The van der Waals surface area contributed by atoms with Crippen LogP contribution in [0, 0.1) is 19.8 Å².